The van der Waals surface area contributed by atoms with Crippen LogP contribution in [0.1, 0.15) is 41.6 Å². The monoisotopic (exact) mass is 406 g/mol. The lowest BCUT2D eigenvalue weighted by Gasteiger charge is -2.04. The first-order valence-corrected chi connectivity index (χ1v) is 9.37. The molecule has 8 nitrogen and oxygen atoms in total. The third kappa shape index (κ3) is 4.09. The summed E-state index contributed by atoms with van der Waals surface area (Å²) in [5.74, 6) is 0.933. The molecule has 1 N–H and O–H groups in total. The van der Waals surface area contributed by atoms with Crippen LogP contribution in [0.2, 0.25) is 0 Å². The first kappa shape index (κ1) is 19.4. The van der Waals surface area contributed by atoms with Gasteiger partial charge in [-0.3, -0.25) is 9.36 Å². The Bertz CT molecular complexity index is 1180. The van der Waals surface area contributed by atoms with Crippen molar-refractivity contribution < 1.29 is 13.7 Å². The molecule has 0 saturated carbocycles. The van der Waals surface area contributed by atoms with E-state index in [0.29, 0.717) is 28.7 Å². The number of hydrogen-bond acceptors (Lipinski definition) is 6. The number of imidazole rings is 1. The molecule has 0 radical (unpaired) electrons. The van der Waals surface area contributed by atoms with Crippen molar-refractivity contribution in [2.45, 2.75) is 26.3 Å². The van der Waals surface area contributed by atoms with E-state index in [0.717, 1.165) is 0 Å². The zero-order chi connectivity index (χ0) is 21.1. The largest absolute Gasteiger partial charge is 0.346 e. The van der Waals surface area contributed by atoms with Crippen LogP contribution < -0.4 is 5.32 Å². The third-order valence-electron chi connectivity index (χ3n) is 4.43. The molecule has 0 aliphatic rings. The summed E-state index contributed by atoms with van der Waals surface area (Å²) in [6.07, 6.45) is 4.65. The molecule has 152 valence electrons. The molecular weight excluding hydrogens is 387 g/mol. The number of amides is 1. The number of carbonyl (C=O) groups is 1. The minimum atomic E-state index is -0.411. The minimum absolute atomic E-state index is 0.0709. The van der Waals surface area contributed by atoms with Crippen LogP contribution in [0.4, 0.5) is 4.39 Å². The van der Waals surface area contributed by atoms with Gasteiger partial charge in [-0.05, 0) is 18.2 Å². The summed E-state index contributed by atoms with van der Waals surface area (Å²) in [5, 5.41) is 6.63. The maximum Gasteiger partial charge on any atom is 0.271 e. The summed E-state index contributed by atoms with van der Waals surface area (Å²) in [4.78, 5) is 25.2. The third-order valence-corrected chi connectivity index (χ3v) is 4.43. The van der Waals surface area contributed by atoms with Gasteiger partial charge in [-0.2, -0.15) is 4.98 Å². The fraction of sp³-hybridized carbons (Fsp3) is 0.190. The summed E-state index contributed by atoms with van der Waals surface area (Å²) < 4.78 is 20.6. The highest BCUT2D eigenvalue weighted by atomic mass is 19.1. The molecule has 0 spiro atoms. The highest BCUT2D eigenvalue weighted by molar-refractivity contribution is 5.92. The Kier molecular flexibility index (Phi) is 5.34. The van der Waals surface area contributed by atoms with E-state index in [9.17, 15) is 9.18 Å². The Morgan fingerprint density at radius 1 is 1.23 bits per heavy atom. The Hall–Kier alpha value is -3.88. The second-order valence-electron chi connectivity index (χ2n) is 6.96. The van der Waals surface area contributed by atoms with Crippen LogP contribution in [0.25, 0.3) is 17.3 Å². The standard InChI is InChI=1S/C21H19FN6O2/c1-13(2)19-26-21(30-27-19)14-7-8-23-18(9-14)28-11-17(25-12-28)20(29)24-10-15-5-3-4-6-16(15)22/h3-9,11-13H,10H2,1-2H3,(H,24,29). The summed E-state index contributed by atoms with van der Waals surface area (Å²) in [5.41, 5.74) is 1.30. The molecule has 4 rings (SSSR count). The van der Waals surface area contributed by atoms with Gasteiger partial charge in [-0.15, -0.1) is 0 Å². The van der Waals surface area contributed by atoms with Gasteiger partial charge in [0, 0.05) is 36.0 Å². The number of aromatic nitrogens is 5. The zero-order valence-electron chi connectivity index (χ0n) is 16.4. The van der Waals surface area contributed by atoms with Gasteiger partial charge in [0.25, 0.3) is 11.8 Å². The smallest absolute Gasteiger partial charge is 0.271 e. The molecule has 0 aliphatic carbocycles. The van der Waals surface area contributed by atoms with E-state index in [4.69, 9.17) is 4.52 Å². The number of benzene rings is 1. The molecule has 4 aromatic rings. The molecule has 0 fully saturated rings. The number of pyridine rings is 1. The van der Waals surface area contributed by atoms with Crippen molar-refractivity contribution >= 4 is 5.91 Å². The van der Waals surface area contributed by atoms with Gasteiger partial charge in [-0.25, -0.2) is 14.4 Å². The molecule has 9 heteroatoms. The lowest BCUT2D eigenvalue weighted by atomic mass is 10.2. The molecule has 1 amide bonds. The molecule has 0 saturated heterocycles. The molecule has 0 bridgehead atoms. The number of rotatable bonds is 6. The lowest BCUT2D eigenvalue weighted by molar-refractivity contribution is 0.0946. The van der Waals surface area contributed by atoms with Gasteiger partial charge in [0.1, 0.15) is 23.7 Å². The van der Waals surface area contributed by atoms with Gasteiger partial charge >= 0.3 is 0 Å². The first-order valence-electron chi connectivity index (χ1n) is 9.37. The normalized spacial score (nSPS) is 11.1. The molecule has 0 unspecified atom stereocenters. The number of halogens is 1. The van der Waals surface area contributed by atoms with Crippen molar-refractivity contribution in [3.63, 3.8) is 0 Å². The number of hydrogen-bond donors (Lipinski definition) is 1. The maximum absolute atomic E-state index is 13.7. The van der Waals surface area contributed by atoms with Crippen molar-refractivity contribution in [2.75, 3.05) is 0 Å². The van der Waals surface area contributed by atoms with Crippen LogP contribution in [0, 0.1) is 5.82 Å². The second-order valence-corrected chi connectivity index (χ2v) is 6.96. The highest BCUT2D eigenvalue weighted by Crippen LogP contribution is 2.21. The number of nitrogens with one attached hydrogen (secondary N) is 1. The topological polar surface area (TPSA) is 98.7 Å². The average Bonchev–Trinajstić information content (AvgIpc) is 3.43. The van der Waals surface area contributed by atoms with E-state index < -0.39 is 5.91 Å². The molecule has 0 aliphatic heterocycles. The van der Waals surface area contributed by atoms with Crippen LogP contribution in [-0.2, 0) is 6.54 Å². The summed E-state index contributed by atoms with van der Waals surface area (Å²) in [6, 6.07) is 9.81. The maximum atomic E-state index is 13.7. The zero-order valence-corrected chi connectivity index (χ0v) is 16.4. The van der Waals surface area contributed by atoms with Gasteiger partial charge in [0.15, 0.2) is 5.82 Å². The van der Waals surface area contributed by atoms with Crippen LogP contribution in [0.15, 0.2) is 59.6 Å². The van der Waals surface area contributed by atoms with Gasteiger partial charge in [-0.1, -0.05) is 37.2 Å². The van der Waals surface area contributed by atoms with Crippen LogP contribution in [0.3, 0.4) is 0 Å². The van der Waals surface area contributed by atoms with Crippen LogP contribution in [-0.4, -0.2) is 30.6 Å². The van der Waals surface area contributed by atoms with E-state index in [1.54, 1.807) is 47.3 Å². The summed E-state index contributed by atoms with van der Waals surface area (Å²) in [7, 11) is 0. The van der Waals surface area contributed by atoms with E-state index in [-0.39, 0.29) is 24.0 Å². The molecular formula is C21H19FN6O2. The van der Waals surface area contributed by atoms with Crippen LogP contribution >= 0.6 is 0 Å². The molecule has 30 heavy (non-hydrogen) atoms. The van der Waals surface area contributed by atoms with Crippen molar-refractivity contribution in [2.24, 2.45) is 0 Å². The Morgan fingerprint density at radius 3 is 2.83 bits per heavy atom. The molecule has 3 aromatic heterocycles. The van der Waals surface area contributed by atoms with Gasteiger partial charge in [0.2, 0.25) is 0 Å². The van der Waals surface area contributed by atoms with Crippen molar-refractivity contribution in [3.8, 4) is 17.3 Å². The van der Waals surface area contributed by atoms with E-state index in [2.05, 4.69) is 25.4 Å². The predicted molar refractivity (Wildman–Crippen MR) is 106 cm³/mol. The van der Waals surface area contributed by atoms with Crippen LogP contribution in [0.5, 0.6) is 0 Å². The minimum Gasteiger partial charge on any atom is -0.346 e. The van der Waals surface area contributed by atoms with E-state index in [1.165, 1.54) is 12.4 Å². The quantitative estimate of drug-likeness (QED) is 0.526. The number of carbonyl (C=O) groups excluding carboxylic acids is 1. The van der Waals surface area contributed by atoms with E-state index in [1.807, 2.05) is 13.8 Å². The SMILES string of the molecule is CC(C)c1noc(-c2ccnc(-n3cnc(C(=O)NCc4ccccc4F)c3)c2)n1. The van der Waals surface area contributed by atoms with Gasteiger partial charge in [0.05, 0.1) is 0 Å². The first-order chi connectivity index (χ1) is 14.5. The summed E-state index contributed by atoms with van der Waals surface area (Å²) >= 11 is 0. The lowest BCUT2D eigenvalue weighted by Crippen LogP contribution is -2.23. The number of nitrogens with zero attached hydrogens (tertiary/aromatic N) is 5. The summed E-state index contributed by atoms with van der Waals surface area (Å²) in [6.45, 7) is 4.04. The van der Waals surface area contributed by atoms with Crippen molar-refractivity contribution in [1.82, 2.24) is 30.0 Å². The van der Waals surface area contributed by atoms with E-state index >= 15 is 0 Å². The fourth-order valence-electron chi connectivity index (χ4n) is 2.75. The Balaban J connectivity index is 1.49. The predicted octanol–water partition coefficient (Wildman–Crippen LogP) is 3.51. The second kappa shape index (κ2) is 8.24. The highest BCUT2D eigenvalue weighted by Gasteiger charge is 2.14. The van der Waals surface area contributed by atoms with Crippen molar-refractivity contribution in [3.05, 3.63) is 78.0 Å². The van der Waals surface area contributed by atoms with Gasteiger partial charge < -0.3 is 9.84 Å². The Morgan fingerprint density at radius 2 is 2.07 bits per heavy atom. The molecule has 3 heterocycles. The van der Waals surface area contributed by atoms with Crippen molar-refractivity contribution in [1.29, 1.82) is 0 Å². The molecule has 1 aromatic carbocycles. The molecule has 0 atom stereocenters. The fourth-order valence-corrected chi connectivity index (χ4v) is 2.75. The average molecular weight is 406 g/mol. The Labute approximate surface area is 171 Å².